The van der Waals surface area contributed by atoms with E-state index in [1.165, 1.54) is 12.1 Å². The van der Waals surface area contributed by atoms with Gasteiger partial charge in [0.15, 0.2) is 5.65 Å². The predicted octanol–water partition coefficient (Wildman–Crippen LogP) is 6.15. The Labute approximate surface area is 240 Å². The van der Waals surface area contributed by atoms with Crippen molar-refractivity contribution in [2.75, 3.05) is 38.0 Å². The zero-order valence-electron chi connectivity index (χ0n) is 24.2. The number of rotatable bonds is 13. The highest BCUT2D eigenvalue weighted by molar-refractivity contribution is 5.94. The summed E-state index contributed by atoms with van der Waals surface area (Å²) in [6, 6.07) is 12.3. The van der Waals surface area contributed by atoms with Gasteiger partial charge >= 0.3 is 0 Å². The number of hydrogen-bond donors (Lipinski definition) is 2. The third-order valence-electron chi connectivity index (χ3n) is 7.24. The van der Waals surface area contributed by atoms with Gasteiger partial charge in [-0.15, -0.1) is 0 Å². The van der Waals surface area contributed by atoms with Gasteiger partial charge in [0.25, 0.3) is 5.56 Å². The van der Waals surface area contributed by atoms with Crippen molar-refractivity contribution in [3.63, 3.8) is 0 Å². The van der Waals surface area contributed by atoms with Crippen LogP contribution in [-0.2, 0) is 0 Å². The van der Waals surface area contributed by atoms with E-state index in [-0.39, 0.29) is 11.6 Å². The molecule has 41 heavy (non-hydrogen) atoms. The molecule has 2 N–H and O–H groups in total. The molecule has 4 aromatic rings. The second kappa shape index (κ2) is 13.5. The molecule has 2 aromatic heterocycles. The molecule has 0 aliphatic carbocycles. The second-order valence-electron chi connectivity index (χ2n) is 9.90. The van der Waals surface area contributed by atoms with Crippen LogP contribution in [0.25, 0.3) is 33.7 Å². The molecule has 0 bridgehead atoms. The Kier molecular flexibility index (Phi) is 9.83. The van der Waals surface area contributed by atoms with Crippen molar-refractivity contribution < 1.29 is 8.78 Å². The van der Waals surface area contributed by atoms with Crippen molar-refractivity contribution in [2.24, 2.45) is 0 Å². The minimum Gasteiger partial charge on any atom is -0.385 e. The molecule has 9 heteroatoms. The van der Waals surface area contributed by atoms with E-state index in [4.69, 9.17) is 4.98 Å². The van der Waals surface area contributed by atoms with E-state index in [9.17, 15) is 13.6 Å². The lowest BCUT2D eigenvalue weighted by Gasteiger charge is -2.19. The van der Waals surface area contributed by atoms with E-state index >= 15 is 0 Å². The summed E-state index contributed by atoms with van der Waals surface area (Å²) in [6.45, 7) is 16.7. The van der Waals surface area contributed by atoms with Crippen molar-refractivity contribution in [2.45, 2.75) is 40.5 Å². The molecule has 2 heterocycles. The van der Waals surface area contributed by atoms with E-state index in [0.29, 0.717) is 17.6 Å². The number of pyridine rings is 1. The van der Waals surface area contributed by atoms with Crippen LogP contribution in [0.1, 0.15) is 44.7 Å². The van der Waals surface area contributed by atoms with Crippen LogP contribution in [-0.4, -0.2) is 52.2 Å². The van der Waals surface area contributed by atoms with E-state index in [0.717, 1.165) is 78.1 Å². The quantitative estimate of drug-likeness (QED) is 0.191. The van der Waals surface area contributed by atoms with Crippen LogP contribution < -0.4 is 16.2 Å². The Morgan fingerprint density at radius 3 is 2.37 bits per heavy atom. The van der Waals surface area contributed by atoms with Crippen molar-refractivity contribution in [1.82, 2.24) is 24.8 Å². The molecule has 0 aliphatic heterocycles. The normalized spacial score (nSPS) is 11.3. The summed E-state index contributed by atoms with van der Waals surface area (Å²) in [6.07, 6.45) is 1.81. The van der Waals surface area contributed by atoms with Crippen LogP contribution in [0.4, 0.5) is 14.7 Å². The molecule has 4 rings (SSSR count). The summed E-state index contributed by atoms with van der Waals surface area (Å²) in [7, 11) is 0. The molecule has 0 radical (unpaired) electrons. The lowest BCUT2D eigenvalue weighted by atomic mass is 9.96. The predicted molar refractivity (Wildman–Crippen MR) is 163 cm³/mol. The second-order valence-corrected chi connectivity index (χ2v) is 9.90. The van der Waals surface area contributed by atoms with Gasteiger partial charge in [0, 0.05) is 41.4 Å². The SMILES string of the molecule is C=C(NCCC)c1cccc(-c2nc(NCCCN(CC)CC)nc3c2ccc(=O)n3-c2c(F)cccc2F)c1C. The highest BCUT2D eigenvalue weighted by Gasteiger charge is 2.21. The van der Waals surface area contributed by atoms with Crippen molar-refractivity contribution in [1.29, 1.82) is 0 Å². The van der Waals surface area contributed by atoms with Crippen LogP contribution in [0.5, 0.6) is 0 Å². The average Bonchev–Trinajstić information content (AvgIpc) is 2.96. The monoisotopic (exact) mass is 560 g/mol. The molecule has 0 amide bonds. The van der Waals surface area contributed by atoms with Gasteiger partial charge < -0.3 is 15.5 Å². The first kappa shape index (κ1) is 29.9. The lowest BCUT2D eigenvalue weighted by Crippen LogP contribution is -2.25. The van der Waals surface area contributed by atoms with Crippen LogP contribution in [0.15, 0.2) is 59.9 Å². The third-order valence-corrected chi connectivity index (χ3v) is 7.24. The summed E-state index contributed by atoms with van der Waals surface area (Å²) in [5, 5.41) is 7.12. The van der Waals surface area contributed by atoms with Gasteiger partial charge in [-0.05, 0) is 63.2 Å². The zero-order chi connectivity index (χ0) is 29.5. The minimum atomic E-state index is -0.857. The average molecular weight is 561 g/mol. The van der Waals surface area contributed by atoms with Gasteiger partial charge in [-0.25, -0.2) is 13.8 Å². The van der Waals surface area contributed by atoms with Crippen LogP contribution in [0.3, 0.4) is 0 Å². The van der Waals surface area contributed by atoms with Gasteiger partial charge in [0.05, 0.1) is 5.69 Å². The topological polar surface area (TPSA) is 75.1 Å². The highest BCUT2D eigenvalue weighted by Crippen LogP contribution is 2.33. The molecule has 0 atom stereocenters. The minimum absolute atomic E-state index is 0.116. The summed E-state index contributed by atoms with van der Waals surface area (Å²) in [5.41, 5.74) is 3.07. The lowest BCUT2D eigenvalue weighted by molar-refractivity contribution is 0.303. The number of para-hydroxylation sites is 1. The summed E-state index contributed by atoms with van der Waals surface area (Å²) in [4.78, 5) is 25.0. The van der Waals surface area contributed by atoms with E-state index < -0.39 is 22.9 Å². The number of benzene rings is 2. The Hall–Kier alpha value is -4.11. The fourth-order valence-electron chi connectivity index (χ4n) is 4.95. The van der Waals surface area contributed by atoms with E-state index in [2.05, 4.69) is 47.9 Å². The number of nitrogens with zero attached hydrogens (tertiary/aromatic N) is 4. The standard InChI is InChI=1S/C32H38F2N6O/c1-6-18-35-22(5)23-12-9-13-24(21(23)4)29-25-16-17-28(41)40(30-26(33)14-10-15-27(30)34)31(25)38-32(37-29)36-19-11-20-39(7-2)8-3/h9-10,12-17,35H,5-8,11,18-20H2,1-4H3,(H,36,37,38). The van der Waals surface area contributed by atoms with Gasteiger partial charge in [-0.3, -0.25) is 9.36 Å². The molecular weight excluding hydrogens is 522 g/mol. The van der Waals surface area contributed by atoms with Crippen LogP contribution >= 0.6 is 0 Å². The number of fused-ring (bicyclic) bond motifs is 1. The molecule has 0 unspecified atom stereocenters. The first-order valence-electron chi connectivity index (χ1n) is 14.2. The van der Waals surface area contributed by atoms with Gasteiger partial charge in [-0.2, -0.15) is 4.98 Å². The Bertz CT molecular complexity index is 1580. The van der Waals surface area contributed by atoms with Crippen molar-refractivity contribution in [3.8, 4) is 16.9 Å². The molecule has 0 aliphatic rings. The molecule has 7 nitrogen and oxygen atoms in total. The van der Waals surface area contributed by atoms with Crippen LogP contribution in [0, 0.1) is 18.6 Å². The maximum atomic E-state index is 15.0. The molecule has 2 aromatic carbocycles. The fourth-order valence-corrected chi connectivity index (χ4v) is 4.95. The number of halogens is 2. The number of anilines is 1. The maximum absolute atomic E-state index is 15.0. The van der Waals surface area contributed by atoms with E-state index in [1.807, 2.05) is 25.1 Å². The number of nitrogens with one attached hydrogen (secondary N) is 2. The van der Waals surface area contributed by atoms with Gasteiger partial charge in [0.1, 0.15) is 17.3 Å². The maximum Gasteiger partial charge on any atom is 0.256 e. The Balaban J connectivity index is 1.91. The fraction of sp³-hybridized carbons (Fsp3) is 0.344. The smallest absolute Gasteiger partial charge is 0.256 e. The summed E-state index contributed by atoms with van der Waals surface area (Å²) in [5.74, 6) is -1.44. The summed E-state index contributed by atoms with van der Waals surface area (Å²) < 4.78 is 31.0. The third kappa shape index (κ3) is 6.46. The highest BCUT2D eigenvalue weighted by atomic mass is 19.1. The largest absolute Gasteiger partial charge is 0.385 e. The molecular formula is C32H38F2N6O. The zero-order valence-corrected chi connectivity index (χ0v) is 24.2. The first-order valence-corrected chi connectivity index (χ1v) is 14.2. The van der Waals surface area contributed by atoms with Crippen LogP contribution in [0.2, 0.25) is 0 Å². The Morgan fingerprint density at radius 1 is 0.976 bits per heavy atom. The van der Waals surface area contributed by atoms with Crippen molar-refractivity contribution in [3.05, 3.63) is 88.2 Å². The number of hydrogen-bond acceptors (Lipinski definition) is 6. The first-order chi connectivity index (χ1) is 19.8. The molecule has 0 fully saturated rings. The van der Waals surface area contributed by atoms with E-state index in [1.54, 1.807) is 6.07 Å². The number of aromatic nitrogens is 3. The van der Waals surface area contributed by atoms with Crippen molar-refractivity contribution >= 4 is 22.7 Å². The molecule has 0 saturated carbocycles. The van der Waals surface area contributed by atoms with Gasteiger partial charge in [-0.1, -0.05) is 51.6 Å². The van der Waals surface area contributed by atoms with Gasteiger partial charge in [0.2, 0.25) is 5.95 Å². The molecule has 216 valence electrons. The Morgan fingerprint density at radius 2 is 1.68 bits per heavy atom. The molecule has 0 saturated heterocycles. The molecule has 0 spiro atoms. The summed E-state index contributed by atoms with van der Waals surface area (Å²) >= 11 is 0.